The molecule has 110 valence electrons. The Morgan fingerprint density at radius 3 is 2.71 bits per heavy atom. The summed E-state index contributed by atoms with van der Waals surface area (Å²) < 4.78 is 5.70. The van der Waals surface area contributed by atoms with Crippen LogP contribution in [0.5, 0.6) is 0 Å². The van der Waals surface area contributed by atoms with Crippen LogP contribution >= 0.6 is 0 Å². The summed E-state index contributed by atoms with van der Waals surface area (Å²) in [6.45, 7) is 2.94. The lowest BCUT2D eigenvalue weighted by Gasteiger charge is -2.22. The van der Waals surface area contributed by atoms with Crippen LogP contribution in [-0.4, -0.2) is 29.8 Å². The highest BCUT2D eigenvalue weighted by Gasteiger charge is 2.23. The van der Waals surface area contributed by atoms with Gasteiger partial charge in [0.2, 0.25) is 0 Å². The van der Waals surface area contributed by atoms with Crippen molar-refractivity contribution >= 4 is 22.4 Å². The average molecular weight is 285 g/mol. The fraction of sp³-hybridized carbons (Fsp3) is 0.353. The van der Waals surface area contributed by atoms with E-state index in [1.807, 2.05) is 30.3 Å². The molecule has 0 saturated carbocycles. The zero-order valence-electron chi connectivity index (χ0n) is 12.0. The van der Waals surface area contributed by atoms with Gasteiger partial charge in [-0.15, -0.1) is 0 Å². The molecular formula is C17H19NO3. The van der Waals surface area contributed by atoms with Gasteiger partial charge in [-0.25, -0.2) is 4.79 Å². The summed E-state index contributed by atoms with van der Waals surface area (Å²) in [5, 5.41) is 14.5. The van der Waals surface area contributed by atoms with E-state index >= 15 is 0 Å². The number of carbonyl (C=O) groups is 1. The minimum Gasteiger partial charge on any atom is -0.478 e. The van der Waals surface area contributed by atoms with E-state index in [1.165, 1.54) is 0 Å². The number of fused-ring (bicyclic) bond motifs is 1. The quantitative estimate of drug-likeness (QED) is 0.902. The monoisotopic (exact) mass is 285 g/mol. The lowest BCUT2D eigenvalue weighted by atomic mass is 10.0. The first kappa shape index (κ1) is 13.9. The number of hydrogen-bond donors (Lipinski definition) is 2. The SMILES string of the molecule is CC(Nc1ccc(C(=O)O)c2ccccc12)C1CCCO1. The molecule has 1 fully saturated rings. The number of hydrogen-bond acceptors (Lipinski definition) is 3. The van der Waals surface area contributed by atoms with E-state index in [1.54, 1.807) is 6.07 Å². The predicted octanol–water partition coefficient (Wildman–Crippen LogP) is 3.52. The van der Waals surface area contributed by atoms with Crippen LogP contribution in [0, 0.1) is 0 Å². The van der Waals surface area contributed by atoms with Gasteiger partial charge in [0, 0.05) is 23.7 Å². The summed E-state index contributed by atoms with van der Waals surface area (Å²) in [5.41, 5.74) is 1.29. The van der Waals surface area contributed by atoms with Crippen molar-refractivity contribution in [2.75, 3.05) is 11.9 Å². The molecule has 21 heavy (non-hydrogen) atoms. The topological polar surface area (TPSA) is 58.6 Å². The minimum atomic E-state index is -0.898. The van der Waals surface area contributed by atoms with Crippen molar-refractivity contribution in [3.63, 3.8) is 0 Å². The Hall–Kier alpha value is -2.07. The maximum Gasteiger partial charge on any atom is 0.336 e. The fourth-order valence-corrected chi connectivity index (χ4v) is 2.95. The number of anilines is 1. The second kappa shape index (κ2) is 5.74. The summed E-state index contributed by atoms with van der Waals surface area (Å²) in [4.78, 5) is 11.3. The predicted molar refractivity (Wildman–Crippen MR) is 83.0 cm³/mol. The number of ether oxygens (including phenoxy) is 1. The van der Waals surface area contributed by atoms with Crippen LogP contribution in [-0.2, 0) is 4.74 Å². The molecule has 0 radical (unpaired) electrons. The third-order valence-electron chi connectivity index (χ3n) is 4.06. The van der Waals surface area contributed by atoms with Gasteiger partial charge in [-0.05, 0) is 37.3 Å². The van der Waals surface area contributed by atoms with Gasteiger partial charge in [-0.1, -0.05) is 24.3 Å². The van der Waals surface area contributed by atoms with Crippen molar-refractivity contribution in [2.24, 2.45) is 0 Å². The van der Waals surface area contributed by atoms with Gasteiger partial charge in [0.25, 0.3) is 0 Å². The summed E-state index contributed by atoms with van der Waals surface area (Å²) in [6, 6.07) is 11.3. The summed E-state index contributed by atoms with van der Waals surface area (Å²) in [6.07, 6.45) is 2.40. The van der Waals surface area contributed by atoms with E-state index in [0.29, 0.717) is 5.56 Å². The molecule has 2 unspecified atom stereocenters. The second-order valence-corrected chi connectivity index (χ2v) is 5.50. The molecule has 1 heterocycles. The first-order chi connectivity index (χ1) is 10.2. The third kappa shape index (κ3) is 2.72. The van der Waals surface area contributed by atoms with Crippen molar-refractivity contribution in [2.45, 2.75) is 31.9 Å². The lowest BCUT2D eigenvalue weighted by Crippen LogP contribution is -2.30. The van der Waals surface area contributed by atoms with Gasteiger partial charge in [0.15, 0.2) is 0 Å². The molecule has 0 amide bonds. The molecule has 2 N–H and O–H groups in total. The summed E-state index contributed by atoms with van der Waals surface area (Å²) in [7, 11) is 0. The Kier molecular flexibility index (Phi) is 3.80. The van der Waals surface area contributed by atoms with Gasteiger partial charge >= 0.3 is 5.97 Å². The molecule has 2 aromatic rings. The Labute approximate surface area is 123 Å². The van der Waals surface area contributed by atoms with E-state index in [2.05, 4.69) is 12.2 Å². The van der Waals surface area contributed by atoms with Gasteiger partial charge < -0.3 is 15.2 Å². The Balaban J connectivity index is 1.95. The zero-order valence-corrected chi connectivity index (χ0v) is 12.0. The second-order valence-electron chi connectivity index (χ2n) is 5.50. The highest BCUT2D eigenvalue weighted by atomic mass is 16.5. The van der Waals surface area contributed by atoms with E-state index < -0.39 is 5.97 Å². The number of aromatic carboxylic acids is 1. The third-order valence-corrected chi connectivity index (χ3v) is 4.06. The van der Waals surface area contributed by atoms with Crippen LogP contribution in [0.15, 0.2) is 36.4 Å². The van der Waals surface area contributed by atoms with Crippen LogP contribution in [0.1, 0.15) is 30.1 Å². The van der Waals surface area contributed by atoms with Gasteiger partial charge in [0.05, 0.1) is 11.7 Å². The van der Waals surface area contributed by atoms with E-state index in [4.69, 9.17) is 4.74 Å². The lowest BCUT2D eigenvalue weighted by molar-refractivity contribution is 0.0699. The maximum atomic E-state index is 11.3. The van der Waals surface area contributed by atoms with Crippen molar-refractivity contribution in [1.82, 2.24) is 0 Å². The number of benzene rings is 2. The zero-order chi connectivity index (χ0) is 14.8. The Morgan fingerprint density at radius 1 is 1.29 bits per heavy atom. The molecule has 1 saturated heterocycles. The molecule has 1 aliphatic heterocycles. The van der Waals surface area contributed by atoms with Crippen molar-refractivity contribution in [3.05, 3.63) is 42.0 Å². The molecule has 0 aliphatic carbocycles. The molecule has 4 nitrogen and oxygen atoms in total. The minimum absolute atomic E-state index is 0.201. The molecule has 2 atom stereocenters. The van der Waals surface area contributed by atoms with Crippen molar-refractivity contribution in [3.8, 4) is 0 Å². The van der Waals surface area contributed by atoms with Crippen molar-refractivity contribution in [1.29, 1.82) is 0 Å². The van der Waals surface area contributed by atoms with Crippen LogP contribution in [0.25, 0.3) is 10.8 Å². The number of carboxylic acids is 1. The fourth-order valence-electron chi connectivity index (χ4n) is 2.95. The van der Waals surface area contributed by atoms with E-state index in [9.17, 15) is 9.90 Å². The number of nitrogens with one attached hydrogen (secondary N) is 1. The largest absolute Gasteiger partial charge is 0.478 e. The van der Waals surface area contributed by atoms with Crippen molar-refractivity contribution < 1.29 is 14.6 Å². The van der Waals surface area contributed by atoms with Gasteiger partial charge in [-0.2, -0.15) is 0 Å². The molecule has 1 aliphatic rings. The molecule has 0 bridgehead atoms. The van der Waals surface area contributed by atoms with Crippen LogP contribution < -0.4 is 5.32 Å². The van der Waals surface area contributed by atoms with Gasteiger partial charge in [0.1, 0.15) is 0 Å². The first-order valence-electron chi connectivity index (χ1n) is 7.30. The van der Waals surface area contributed by atoms with Gasteiger partial charge in [-0.3, -0.25) is 0 Å². The number of rotatable bonds is 4. The molecule has 0 aromatic heterocycles. The highest BCUT2D eigenvalue weighted by molar-refractivity contribution is 6.07. The summed E-state index contributed by atoms with van der Waals surface area (Å²) >= 11 is 0. The van der Waals surface area contributed by atoms with Crippen LogP contribution in [0.4, 0.5) is 5.69 Å². The molecular weight excluding hydrogens is 266 g/mol. The normalized spacial score (nSPS) is 19.6. The van der Waals surface area contributed by atoms with Crippen LogP contribution in [0.2, 0.25) is 0 Å². The summed E-state index contributed by atoms with van der Waals surface area (Å²) in [5.74, 6) is -0.898. The maximum absolute atomic E-state index is 11.3. The molecule has 2 aromatic carbocycles. The van der Waals surface area contributed by atoms with E-state index in [-0.39, 0.29) is 12.1 Å². The number of carboxylic acid groups (broad SMARTS) is 1. The highest BCUT2D eigenvalue weighted by Crippen LogP contribution is 2.28. The standard InChI is InChI=1S/C17H19NO3/c1-11(16-7-4-10-21-16)18-15-9-8-14(17(19)20)12-5-2-3-6-13(12)15/h2-3,5-6,8-9,11,16,18H,4,7,10H2,1H3,(H,19,20). The smallest absolute Gasteiger partial charge is 0.336 e. The molecule has 0 spiro atoms. The van der Waals surface area contributed by atoms with Crippen LogP contribution in [0.3, 0.4) is 0 Å². The average Bonchev–Trinajstić information content (AvgIpc) is 3.01. The molecule has 4 heteroatoms. The Morgan fingerprint density at radius 2 is 2.05 bits per heavy atom. The molecule has 3 rings (SSSR count). The Bertz CT molecular complexity index is 662. The van der Waals surface area contributed by atoms with E-state index in [0.717, 1.165) is 35.9 Å². The first-order valence-corrected chi connectivity index (χ1v) is 7.30.